The number of hydrogen-bond acceptors (Lipinski definition) is 2. The predicted molar refractivity (Wildman–Crippen MR) is 67.6 cm³/mol. The molecule has 2 nitrogen and oxygen atoms in total. The molecular formula is C14H20N2. The molecule has 0 radical (unpaired) electrons. The van der Waals surface area contributed by atoms with Crippen LogP contribution in [0.2, 0.25) is 0 Å². The van der Waals surface area contributed by atoms with Crippen LogP contribution in [-0.4, -0.2) is 19.6 Å². The van der Waals surface area contributed by atoms with Crippen LogP contribution in [0.1, 0.15) is 18.4 Å². The van der Waals surface area contributed by atoms with Crippen molar-refractivity contribution < 1.29 is 0 Å². The second-order valence-corrected chi connectivity index (χ2v) is 5.32. The van der Waals surface area contributed by atoms with E-state index < -0.39 is 0 Å². The summed E-state index contributed by atoms with van der Waals surface area (Å²) in [5.41, 5.74) is 8.38. The summed E-state index contributed by atoms with van der Waals surface area (Å²) in [7, 11) is 0. The van der Waals surface area contributed by atoms with Gasteiger partial charge >= 0.3 is 0 Å². The zero-order chi connectivity index (χ0) is 11.0. The van der Waals surface area contributed by atoms with Gasteiger partial charge in [0.25, 0.3) is 0 Å². The molecule has 1 aromatic rings. The maximum Gasteiger partial charge on any atom is 0.0369 e. The van der Waals surface area contributed by atoms with Crippen LogP contribution in [0, 0.1) is 11.8 Å². The van der Waals surface area contributed by atoms with Crippen molar-refractivity contribution >= 4 is 5.69 Å². The zero-order valence-corrected chi connectivity index (χ0v) is 9.73. The highest BCUT2D eigenvalue weighted by atomic mass is 15.2. The minimum absolute atomic E-state index is 0.745. The quantitative estimate of drug-likeness (QED) is 0.837. The number of hydrogen-bond donors (Lipinski definition) is 1. The SMILES string of the molecule is NCCc1cccc(N2CC3CC(C3)C2)c1. The highest BCUT2D eigenvalue weighted by Gasteiger charge is 2.36. The van der Waals surface area contributed by atoms with Gasteiger partial charge in [-0.3, -0.25) is 0 Å². The molecule has 0 aromatic heterocycles. The predicted octanol–water partition coefficient (Wildman–Crippen LogP) is 2.03. The molecule has 1 aliphatic carbocycles. The number of nitrogens with two attached hydrogens (primary N) is 1. The van der Waals surface area contributed by atoms with E-state index in [1.54, 1.807) is 0 Å². The first-order valence-corrected chi connectivity index (χ1v) is 6.39. The van der Waals surface area contributed by atoms with Crippen molar-refractivity contribution in [2.75, 3.05) is 24.5 Å². The van der Waals surface area contributed by atoms with Gasteiger partial charge in [-0.1, -0.05) is 12.1 Å². The van der Waals surface area contributed by atoms with Crippen LogP contribution in [-0.2, 0) is 6.42 Å². The standard InChI is InChI=1S/C14H20N2/c15-5-4-11-2-1-3-14(8-11)16-9-12-6-13(7-12)10-16/h1-3,8,12-13H,4-7,9-10,15H2. The summed E-state index contributed by atoms with van der Waals surface area (Å²) in [5, 5.41) is 0. The van der Waals surface area contributed by atoms with E-state index in [0.29, 0.717) is 0 Å². The number of anilines is 1. The fourth-order valence-electron chi connectivity index (χ4n) is 3.16. The van der Waals surface area contributed by atoms with Crippen LogP contribution in [0.3, 0.4) is 0 Å². The number of fused-ring (bicyclic) bond motifs is 2. The number of nitrogens with zero attached hydrogens (tertiary/aromatic N) is 1. The molecule has 4 rings (SSSR count). The number of rotatable bonds is 3. The van der Waals surface area contributed by atoms with Crippen molar-refractivity contribution in [3.05, 3.63) is 29.8 Å². The summed E-state index contributed by atoms with van der Waals surface area (Å²) in [6, 6.07) is 8.91. The summed E-state index contributed by atoms with van der Waals surface area (Å²) >= 11 is 0. The lowest BCUT2D eigenvalue weighted by atomic mass is 9.71. The smallest absolute Gasteiger partial charge is 0.0369 e. The zero-order valence-electron chi connectivity index (χ0n) is 9.73. The molecule has 3 fully saturated rings. The van der Waals surface area contributed by atoms with Crippen molar-refractivity contribution in [2.24, 2.45) is 17.6 Å². The van der Waals surface area contributed by atoms with Gasteiger partial charge in [0.15, 0.2) is 0 Å². The molecule has 2 heteroatoms. The average molecular weight is 216 g/mol. The van der Waals surface area contributed by atoms with E-state index in [1.807, 2.05) is 0 Å². The lowest BCUT2D eigenvalue weighted by Crippen LogP contribution is -2.48. The highest BCUT2D eigenvalue weighted by molar-refractivity contribution is 5.49. The first-order chi connectivity index (χ1) is 7.85. The average Bonchev–Trinajstić information content (AvgIpc) is 2.29. The Hall–Kier alpha value is -1.02. The van der Waals surface area contributed by atoms with Crippen LogP contribution in [0.25, 0.3) is 0 Å². The second kappa shape index (κ2) is 4.10. The van der Waals surface area contributed by atoms with E-state index in [1.165, 1.54) is 37.2 Å². The molecule has 2 saturated heterocycles. The maximum atomic E-state index is 5.60. The molecule has 3 aliphatic rings. The van der Waals surface area contributed by atoms with Crippen LogP contribution in [0.5, 0.6) is 0 Å². The van der Waals surface area contributed by atoms with Crippen LogP contribution >= 0.6 is 0 Å². The van der Waals surface area contributed by atoms with Gasteiger partial charge in [0.2, 0.25) is 0 Å². The van der Waals surface area contributed by atoms with Gasteiger partial charge in [0.05, 0.1) is 0 Å². The van der Waals surface area contributed by atoms with E-state index in [0.717, 1.165) is 24.8 Å². The Morgan fingerprint density at radius 2 is 1.94 bits per heavy atom. The monoisotopic (exact) mass is 216 g/mol. The molecule has 0 spiro atoms. The van der Waals surface area contributed by atoms with Gasteiger partial charge in [-0.15, -0.1) is 0 Å². The molecular weight excluding hydrogens is 196 g/mol. The van der Waals surface area contributed by atoms with E-state index in [2.05, 4.69) is 29.2 Å². The summed E-state index contributed by atoms with van der Waals surface area (Å²) < 4.78 is 0. The third kappa shape index (κ3) is 1.82. The summed E-state index contributed by atoms with van der Waals surface area (Å²) in [4.78, 5) is 2.56. The molecule has 0 atom stereocenters. The first-order valence-electron chi connectivity index (χ1n) is 6.39. The van der Waals surface area contributed by atoms with Crippen LogP contribution < -0.4 is 10.6 Å². The Bertz CT molecular complexity index is 359. The highest BCUT2D eigenvalue weighted by Crippen LogP contribution is 2.41. The molecule has 1 saturated carbocycles. The molecule has 0 amide bonds. The second-order valence-electron chi connectivity index (χ2n) is 5.32. The van der Waals surface area contributed by atoms with E-state index in [-0.39, 0.29) is 0 Å². The van der Waals surface area contributed by atoms with Gasteiger partial charge in [-0.25, -0.2) is 0 Å². The Morgan fingerprint density at radius 3 is 2.62 bits per heavy atom. The van der Waals surface area contributed by atoms with Crippen molar-refractivity contribution in [2.45, 2.75) is 19.3 Å². The molecule has 16 heavy (non-hydrogen) atoms. The normalized spacial score (nSPS) is 27.7. The van der Waals surface area contributed by atoms with Crippen molar-refractivity contribution in [1.29, 1.82) is 0 Å². The molecule has 0 unspecified atom stereocenters. The van der Waals surface area contributed by atoms with E-state index in [4.69, 9.17) is 5.73 Å². The largest absolute Gasteiger partial charge is 0.371 e. The molecule has 1 aromatic carbocycles. The molecule has 2 bridgehead atoms. The Balaban J connectivity index is 1.75. The van der Waals surface area contributed by atoms with E-state index >= 15 is 0 Å². The third-order valence-corrected chi connectivity index (χ3v) is 4.00. The molecule has 2 aliphatic heterocycles. The fraction of sp³-hybridized carbons (Fsp3) is 0.571. The molecule has 2 N–H and O–H groups in total. The summed E-state index contributed by atoms with van der Waals surface area (Å²) in [6.45, 7) is 3.28. The van der Waals surface area contributed by atoms with Gasteiger partial charge in [0.1, 0.15) is 0 Å². The fourth-order valence-corrected chi connectivity index (χ4v) is 3.16. The maximum absolute atomic E-state index is 5.60. The summed E-state index contributed by atoms with van der Waals surface area (Å²) in [5.74, 6) is 1.94. The Morgan fingerprint density at radius 1 is 1.19 bits per heavy atom. The lowest BCUT2D eigenvalue weighted by Gasteiger charge is -2.48. The van der Waals surface area contributed by atoms with Crippen molar-refractivity contribution in [3.63, 3.8) is 0 Å². The van der Waals surface area contributed by atoms with Gasteiger partial charge in [-0.05, 0) is 55.3 Å². The van der Waals surface area contributed by atoms with Gasteiger partial charge in [0, 0.05) is 18.8 Å². The van der Waals surface area contributed by atoms with E-state index in [9.17, 15) is 0 Å². The Kier molecular flexibility index (Phi) is 2.60. The summed E-state index contributed by atoms with van der Waals surface area (Å²) in [6.07, 6.45) is 3.94. The minimum Gasteiger partial charge on any atom is -0.371 e. The molecule has 86 valence electrons. The lowest BCUT2D eigenvalue weighted by molar-refractivity contribution is 0.159. The van der Waals surface area contributed by atoms with Crippen molar-refractivity contribution in [1.82, 2.24) is 0 Å². The van der Waals surface area contributed by atoms with Gasteiger partial charge < -0.3 is 10.6 Å². The van der Waals surface area contributed by atoms with Crippen LogP contribution in [0.4, 0.5) is 5.69 Å². The third-order valence-electron chi connectivity index (χ3n) is 4.00. The number of piperidine rings is 2. The topological polar surface area (TPSA) is 29.3 Å². The van der Waals surface area contributed by atoms with Crippen molar-refractivity contribution in [3.8, 4) is 0 Å². The van der Waals surface area contributed by atoms with Gasteiger partial charge in [-0.2, -0.15) is 0 Å². The van der Waals surface area contributed by atoms with Crippen LogP contribution in [0.15, 0.2) is 24.3 Å². The Labute approximate surface area is 97.4 Å². The minimum atomic E-state index is 0.745. The first kappa shape index (κ1) is 10.2. The molecule has 2 heterocycles. The number of benzene rings is 1.